The van der Waals surface area contributed by atoms with Crippen molar-refractivity contribution in [1.29, 1.82) is 0 Å². The van der Waals surface area contributed by atoms with E-state index in [9.17, 15) is 4.79 Å². The van der Waals surface area contributed by atoms with Crippen LogP contribution in [0.2, 0.25) is 0 Å². The number of hydrogen-bond donors (Lipinski definition) is 0. The van der Waals surface area contributed by atoms with Gasteiger partial charge in [-0.3, -0.25) is 0 Å². The fourth-order valence-corrected chi connectivity index (χ4v) is 0.937. The monoisotopic (exact) mass is 186 g/mol. The van der Waals surface area contributed by atoms with Gasteiger partial charge in [0.25, 0.3) is 0 Å². The predicted octanol–water partition coefficient (Wildman–Crippen LogP) is 2.72. The van der Waals surface area contributed by atoms with Gasteiger partial charge in [0.15, 0.2) is 0 Å². The molecule has 77 valence electrons. The van der Waals surface area contributed by atoms with Crippen molar-refractivity contribution >= 4 is 6.09 Å². The molecule has 0 saturated heterocycles. The van der Waals surface area contributed by atoms with E-state index in [0.717, 1.165) is 19.3 Å². The Balaban J connectivity index is 3.08. The van der Waals surface area contributed by atoms with Gasteiger partial charge in [-0.05, 0) is 12.8 Å². The molecule has 0 fully saturated rings. The van der Waals surface area contributed by atoms with Crippen molar-refractivity contribution in [2.75, 3.05) is 13.2 Å². The first-order valence-electron chi connectivity index (χ1n) is 5.15. The molecule has 1 amide bonds. The Kier molecular flexibility index (Phi) is 8.83. The summed E-state index contributed by atoms with van der Waals surface area (Å²) >= 11 is 0. The van der Waals surface area contributed by atoms with E-state index in [1.807, 2.05) is 6.92 Å². The summed E-state index contributed by atoms with van der Waals surface area (Å²) in [4.78, 5) is 10.8. The van der Waals surface area contributed by atoms with Crippen molar-refractivity contribution in [1.82, 2.24) is 5.32 Å². The van der Waals surface area contributed by atoms with Gasteiger partial charge >= 0.3 is 6.09 Å². The maximum absolute atomic E-state index is 10.8. The molecule has 0 rings (SSSR count). The Bertz CT molecular complexity index is 126. The minimum atomic E-state index is -0.404. The van der Waals surface area contributed by atoms with Crippen molar-refractivity contribution < 1.29 is 9.53 Å². The first-order valence-corrected chi connectivity index (χ1v) is 5.15. The number of amides is 1. The van der Waals surface area contributed by atoms with Gasteiger partial charge in [-0.1, -0.05) is 33.1 Å². The van der Waals surface area contributed by atoms with Crippen LogP contribution in [0.1, 0.15) is 46.0 Å². The van der Waals surface area contributed by atoms with Crippen LogP contribution in [0.25, 0.3) is 0 Å². The second kappa shape index (κ2) is 9.36. The van der Waals surface area contributed by atoms with Crippen LogP contribution in [0.3, 0.4) is 0 Å². The van der Waals surface area contributed by atoms with E-state index in [-0.39, 0.29) is 0 Å². The van der Waals surface area contributed by atoms with E-state index in [1.165, 1.54) is 12.8 Å². The molecule has 0 saturated carbocycles. The van der Waals surface area contributed by atoms with Crippen LogP contribution in [0.15, 0.2) is 0 Å². The topological polar surface area (TPSA) is 40.4 Å². The lowest BCUT2D eigenvalue weighted by molar-refractivity contribution is 0.143. The number of hydrogen-bond acceptors (Lipinski definition) is 2. The summed E-state index contributed by atoms with van der Waals surface area (Å²) in [5.74, 6) is 0. The maximum atomic E-state index is 10.8. The molecule has 0 aromatic carbocycles. The molecule has 0 bridgehead atoms. The number of carbonyl (C=O) groups excluding carboxylic acids is 1. The Labute approximate surface area is 80.8 Å². The van der Waals surface area contributed by atoms with Crippen molar-refractivity contribution in [3.8, 4) is 0 Å². The highest BCUT2D eigenvalue weighted by Crippen LogP contribution is 1.98. The first kappa shape index (κ1) is 12.3. The molecule has 0 N–H and O–H groups in total. The van der Waals surface area contributed by atoms with E-state index in [0.29, 0.717) is 13.2 Å². The number of rotatable bonds is 7. The molecule has 0 aromatic heterocycles. The highest BCUT2D eigenvalue weighted by molar-refractivity contribution is 5.66. The number of carbonyl (C=O) groups is 1. The van der Waals surface area contributed by atoms with Gasteiger partial charge in [-0.15, -0.1) is 0 Å². The van der Waals surface area contributed by atoms with Crippen LogP contribution < -0.4 is 5.32 Å². The zero-order valence-electron chi connectivity index (χ0n) is 8.71. The lowest BCUT2D eigenvalue weighted by Crippen LogP contribution is -2.18. The van der Waals surface area contributed by atoms with Gasteiger partial charge in [-0.25, -0.2) is 10.1 Å². The smallest absolute Gasteiger partial charge is 0.428 e. The summed E-state index contributed by atoms with van der Waals surface area (Å²) in [6, 6.07) is 0. The van der Waals surface area contributed by atoms with Gasteiger partial charge in [0.1, 0.15) is 0 Å². The molecule has 0 spiro atoms. The third-order valence-electron chi connectivity index (χ3n) is 1.69. The summed E-state index contributed by atoms with van der Waals surface area (Å²) in [7, 11) is 0. The summed E-state index contributed by atoms with van der Waals surface area (Å²) in [5, 5.41) is 3.70. The van der Waals surface area contributed by atoms with Crippen molar-refractivity contribution in [3.05, 3.63) is 0 Å². The molecular formula is C10H20NO2. The van der Waals surface area contributed by atoms with Crippen LogP contribution in [-0.2, 0) is 4.74 Å². The molecule has 0 aliphatic rings. The average molecular weight is 186 g/mol. The summed E-state index contributed by atoms with van der Waals surface area (Å²) in [6.07, 6.45) is 5.00. The van der Waals surface area contributed by atoms with E-state index in [2.05, 4.69) is 12.2 Å². The van der Waals surface area contributed by atoms with Crippen LogP contribution in [0.4, 0.5) is 4.79 Å². The second-order valence-electron chi connectivity index (χ2n) is 3.06. The average Bonchev–Trinajstić information content (AvgIpc) is 2.14. The molecular weight excluding hydrogens is 166 g/mol. The largest absolute Gasteiger partial charge is 0.448 e. The van der Waals surface area contributed by atoms with Crippen LogP contribution in [0.5, 0.6) is 0 Å². The normalized spacial score (nSPS) is 9.69. The fourth-order valence-electron chi connectivity index (χ4n) is 0.937. The lowest BCUT2D eigenvalue weighted by atomic mass is 10.2. The number of unbranched alkanes of at least 4 members (excludes halogenated alkanes) is 3. The van der Waals surface area contributed by atoms with E-state index in [1.54, 1.807) is 0 Å². The van der Waals surface area contributed by atoms with Gasteiger partial charge in [0.05, 0.1) is 6.61 Å². The maximum Gasteiger partial charge on any atom is 0.428 e. The van der Waals surface area contributed by atoms with Crippen molar-refractivity contribution in [2.24, 2.45) is 0 Å². The van der Waals surface area contributed by atoms with Crippen LogP contribution in [0, 0.1) is 0 Å². The van der Waals surface area contributed by atoms with E-state index < -0.39 is 6.09 Å². The summed E-state index contributed by atoms with van der Waals surface area (Å²) < 4.78 is 4.89. The third kappa shape index (κ3) is 9.18. The predicted molar refractivity (Wildman–Crippen MR) is 52.8 cm³/mol. The van der Waals surface area contributed by atoms with E-state index >= 15 is 0 Å². The van der Waals surface area contributed by atoms with Crippen LogP contribution >= 0.6 is 0 Å². The second-order valence-corrected chi connectivity index (χ2v) is 3.06. The Morgan fingerprint density at radius 1 is 1.15 bits per heavy atom. The fraction of sp³-hybridized carbons (Fsp3) is 0.900. The molecule has 0 atom stereocenters. The highest BCUT2D eigenvalue weighted by Gasteiger charge is 2.00. The molecule has 13 heavy (non-hydrogen) atoms. The minimum Gasteiger partial charge on any atom is -0.448 e. The molecule has 0 aliphatic heterocycles. The number of ether oxygens (including phenoxy) is 1. The molecule has 0 aromatic rings. The molecule has 3 nitrogen and oxygen atoms in total. The van der Waals surface area contributed by atoms with Crippen molar-refractivity contribution in [2.45, 2.75) is 46.0 Å². The van der Waals surface area contributed by atoms with E-state index in [4.69, 9.17) is 4.74 Å². The lowest BCUT2D eigenvalue weighted by Gasteiger charge is -2.03. The third-order valence-corrected chi connectivity index (χ3v) is 1.69. The van der Waals surface area contributed by atoms with Crippen LogP contribution in [-0.4, -0.2) is 19.2 Å². The molecule has 0 heterocycles. The van der Waals surface area contributed by atoms with Gasteiger partial charge < -0.3 is 4.74 Å². The standard InChI is InChI=1S/C10H20NO2/c1-3-5-6-7-9-13-10(12)11-8-4-2/h3-9H2,1-2H3. The Morgan fingerprint density at radius 2 is 1.92 bits per heavy atom. The van der Waals surface area contributed by atoms with Gasteiger partial charge in [0, 0.05) is 6.54 Å². The minimum absolute atomic E-state index is 0.404. The highest BCUT2D eigenvalue weighted by atomic mass is 16.5. The summed E-state index contributed by atoms with van der Waals surface area (Å²) in [5.41, 5.74) is 0. The van der Waals surface area contributed by atoms with Crippen molar-refractivity contribution in [3.63, 3.8) is 0 Å². The van der Waals surface area contributed by atoms with Gasteiger partial charge in [0.2, 0.25) is 0 Å². The van der Waals surface area contributed by atoms with Gasteiger partial charge in [-0.2, -0.15) is 0 Å². The molecule has 0 unspecified atom stereocenters. The zero-order chi connectivity index (χ0) is 9.94. The SMILES string of the molecule is CCCCCCOC(=O)[N]CCC. The number of nitrogens with zero attached hydrogens (tertiary/aromatic N) is 1. The molecule has 0 aliphatic carbocycles. The quantitative estimate of drug-likeness (QED) is 0.573. The molecule has 1 radical (unpaired) electrons. The molecule has 3 heteroatoms. The first-order chi connectivity index (χ1) is 6.31. The summed E-state index contributed by atoms with van der Waals surface area (Å²) in [6.45, 7) is 5.24. The Morgan fingerprint density at radius 3 is 2.54 bits per heavy atom. The zero-order valence-corrected chi connectivity index (χ0v) is 8.71. The Hall–Kier alpha value is -0.730.